The van der Waals surface area contributed by atoms with E-state index in [-0.39, 0.29) is 36.1 Å². The van der Waals surface area contributed by atoms with E-state index in [4.69, 9.17) is 0 Å². The average molecular weight is 376 g/mol. The van der Waals surface area contributed by atoms with Gasteiger partial charge >= 0.3 is 6.18 Å². The van der Waals surface area contributed by atoms with Crippen molar-refractivity contribution < 1.29 is 18.1 Å². The monoisotopic (exact) mass is 375 g/mol. The Balaban J connectivity index is 0.00000242. The lowest BCUT2D eigenvalue weighted by Gasteiger charge is -2.35. The molecule has 1 saturated heterocycles. The number of nitro groups is 1. The molecule has 0 amide bonds. The van der Waals surface area contributed by atoms with Crippen LogP contribution in [0.15, 0.2) is 24.3 Å². The Morgan fingerprint density at radius 2 is 1.78 bits per heavy atom. The van der Waals surface area contributed by atoms with E-state index in [1.807, 2.05) is 0 Å². The molecule has 1 N–H and O–H groups in total. The molecule has 0 spiro atoms. The van der Waals surface area contributed by atoms with Gasteiger partial charge in [-0.05, 0) is 0 Å². The molecule has 1 aliphatic heterocycles. The van der Waals surface area contributed by atoms with Gasteiger partial charge in [0.1, 0.15) is 0 Å². The van der Waals surface area contributed by atoms with E-state index in [0.29, 0.717) is 26.2 Å². The lowest BCUT2D eigenvalue weighted by molar-refractivity contribution is -0.386. The van der Waals surface area contributed by atoms with E-state index >= 15 is 0 Å². The Hall–Kier alpha value is -1.09. The van der Waals surface area contributed by atoms with Crippen LogP contribution in [0.2, 0.25) is 0 Å². The molecule has 10 heteroatoms. The van der Waals surface area contributed by atoms with Gasteiger partial charge in [0.05, 0.1) is 17.4 Å². The Bertz CT molecular complexity index is 511. The zero-order valence-corrected chi connectivity index (χ0v) is 13.7. The lowest BCUT2D eigenvalue weighted by atomic mass is 9.99. The second-order valence-electron chi connectivity index (χ2n) is 4.94. The van der Waals surface area contributed by atoms with Crippen LogP contribution in [0.4, 0.5) is 18.9 Å². The van der Waals surface area contributed by atoms with Crippen LogP contribution in [0.5, 0.6) is 0 Å². The van der Waals surface area contributed by atoms with Crippen LogP contribution in [0.1, 0.15) is 18.0 Å². The van der Waals surface area contributed by atoms with Crippen LogP contribution in [-0.2, 0) is 0 Å². The lowest BCUT2D eigenvalue weighted by Crippen LogP contribution is -2.46. The second kappa shape index (κ2) is 9.27. The molecule has 0 bridgehead atoms. The predicted molar refractivity (Wildman–Crippen MR) is 85.4 cm³/mol. The summed E-state index contributed by atoms with van der Waals surface area (Å²) >= 11 is 0. The summed E-state index contributed by atoms with van der Waals surface area (Å²) in [6.45, 7) is 2.03. The third-order valence-electron chi connectivity index (χ3n) is 3.51. The van der Waals surface area contributed by atoms with Crippen LogP contribution in [0.25, 0.3) is 0 Å². The van der Waals surface area contributed by atoms with Gasteiger partial charge in [0.2, 0.25) is 0 Å². The summed E-state index contributed by atoms with van der Waals surface area (Å²) < 4.78 is 38.6. The summed E-state index contributed by atoms with van der Waals surface area (Å²) in [5, 5.41) is 14.1. The number of hydrogen-bond donors (Lipinski definition) is 1. The topological polar surface area (TPSA) is 58.4 Å². The molecule has 0 aromatic heterocycles. The van der Waals surface area contributed by atoms with Crippen LogP contribution >= 0.6 is 24.8 Å². The largest absolute Gasteiger partial charge is 0.390 e. The Morgan fingerprint density at radius 3 is 2.30 bits per heavy atom. The number of nitrogens with zero attached hydrogens (tertiary/aromatic N) is 2. The molecule has 0 unspecified atom stereocenters. The van der Waals surface area contributed by atoms with Crippen molar-refractivity contribution in [2.75, 3.05) is 26.2 Å². The molecule has 0 aliphatic carbocycles. The maximum Gasteiger partial charge on any atom is 0.390 e. The number of para-hydroxylation sites is 1. The van der Waals surface area contributed by atoms with Crippen LogP contribution < -0.4 is 5.32 Å². The van der Waals surface area contributed by atoms with E-state index in [1.54, 1.807) is 4.90 Å². The van der Waals surface area contributed by atoms with Crippen molar-refractivity contribution in [3.63, 3.8) is 0 Å². The van der Waals surface area contributed by atoms with Gasteiger partial charge in [0.15, 0.2) is 0 Å². The summed E-state index contributed by atoms with van der Waals surface area (Å²) in [5.74, 6) is 0. The van der Waals surface area contributed by atoms with Gasteiger partial charge in [-0.2, -0.15) is 13.2 Å². The molecule has 2 rings (SSSR count). The standard InChI is InChI=1S/C13H16F3N3O2.2ClH/c14-13(15,16)9-12(18-7-5-17-6-8-18)10-3-1-2-4-11(10)19(20)21;;/h1-4,12,17H,5-9H2;2*1H/t12-;;/m0../s1. The van der Waals surface area contributed by atoms with E-state index in [2.05, 4.69) is 5.32 Å². The molecule has 23 heavy (non-hydrogen) atoms. The maximum atomic E-state index is 12.9. The quantitative estimate of drug-likeness (QED) is 0.647. The first kappa shape index (κ1) is 21.9. The highest BCUT2D eigenvalue weighted by atomic mass is 35.5. The Kier molecular flexibility index (Phi) is 8.83. The highest BCUT2D eigenvalue weighted by molar-refractivity contribution is 5.85. The van der Waals surface area contributed by atoms with Crippen molar-refractivity contribution in [2.24, 2.45) is 0 Å². The zero-order chi connectivity index (χ0) is 15.5. The molecule has 132 valence electrons. The van der Waals surface area contributed by atoms with Gasteiger partial charge in [-0.15, -0.1) is 24.8 Å². The summed E-state index contributed by atoms with van der Waals surface area (Å²) in [7, 11) is 0. The number of piperazine rings is 1. The molecular formula is C13H18Cl2F3N3O2. The first-order valence-electron chi connectivity index (χ1n) is 6.63. The SMILES string of the molecule is Cl.Cl.O=[N+]([O-])c1ccccc1[C@H](CC(F)(F)F)N1CCNCC1. The third-order valence-corrected chi connectivity index (χ3v) is 3.51. The van der Waals surface area contributed by atoms with E-state index in [9.17, 15) is 23.3 Å². The van der Waals surface area contributed by atoms with Crippen molar-refractivity contribution in [3.05, 3.63) is 39.9 Å². The van der Waals surface area contributed by atoms with E-state index < -0.39 is 23.6 Å². The highest BCUT2D eigenvalue weighted by Crippen LogP contribution is 2.37. The Morgan fingerprint density at radius 1 is 1.22 bits per heavy atom. The second-order valence-corrected chi connectivity index (χ2v) is 4.94. The molecule has 1 aliphatic rings. The number of benzene rings is 1. The number of nitrogens with one attached hydrogen (secondary N) is 1. The number of halogens is 5. The van der Waals surface area contributed by atoms with Crippen molar-refractivity contribution in [3.8, 4) is 0 Å². The summed E-state index contributed by atoms with van der Waals surface area (Å²) in [6, 6.07) is 4.64. The third kappa shape index (κ3) is 6.14. The average Bonchev–Trinajstić information content (AvgIpc) is 2.45. The molecule has 1 aromatic carbocycles. The van der Waals surface area contributed by atoms with Crippen LogP contribution in [0, 0.1) is 10.1 Å². The minimum Gasteiger partial charge on any atom is -0.314 e. The minimum absolute atomic E-state index is 0. The molecule has 0 saturated carbocycles. The van der Waals surface area contributed by atoms with Crippen LogP contribution in [-0.4, -0.2) is 42.2 Å². The first-order chi connectivity index (χ1) is 9.88. The molecule has 1 atom stereocenters. The fraction of sp³-hybridized carbons (Fsp3) is 0.538. The van der Waals surface area contributed by atoms with Crippen molar-refractivity contribution in [2.45, 2.75) is 18.6 Å². The zero-order valence-electron chi connectivity index (χ0n) is 12.1. The van der Waals surface area contributed by atoms with E-state index in [0.717, 1.165) is 0 Å². The van der Waals surface area contributed by atoms with Gasteiger partial charge in [0.25, 0.3) is 5.69 Å². The normalized spacial score (nSPS) is 16.8. The number of nitro benzene ring substituents is 1. The fourth-order valence-corrected chi connectivity index (χ4v) is 2.58. The molecule has 1 fully saturated rings. The smallest absolute Gasteiger partial charge is 0.314 e. The number of rotatable bonds is 4. The van der Waals surface area contributed by atoms with Gasteiger partial charge < -0.3 is 5.32 Å². The molecule has 5 nitrogen and oxygen atoms in total. The number of alkyl halides is 3. The van der Waals surface area contributed by atoms with Crippen LogP contribution in [0.3, 0.4) is 0 Å². The minimum atomic E-state index is -4.38. The predicted octanol–water partition coefficient (Wildman–Crippen LogP) is 3.34. The summed E-state index contributed by atoms with van der Waals surface area (Å²) in [6.07, 6.45) is -5.46. The first-order valence-corrected chi connectivity index (χ1v) is 6.63. The molecular weight excluding hydrogens is 358 g/mol. The van der Waals surface area contributed by atoms with Crippen molar-refractivity contribution in [1.82, 2.24) is 10.2 Å². The molecule has 0 radical (unpaired) electrons. The van der Waals surface area contributed by atoms with Crippen molar-refractivity contribution in [1.29, 1.82) is 0 Å². The number of hydrogen-bond acceptors (Lipinski definition) is 4. The van der Waals surface area contributed by atoms with Gasteiger partial charge in [-0.3, -0.25) is 15.0 Å². The summed E-state index contributed by atoms with van der Waals surface area (Å²) in [4.78, 5) is 12.1. The van der Waals surface area contributed by atoms with Gasteiger partial charge in [-0.25, -0.2) is 0 Å². The highest BCUT2D eigenvalue weighted by Gasteiger charge is 2.38. The molecule has 1 heterocycles. The maximum absolute atomic E-state index is 12.9. The van der Waals surface area contributed by atoms with Gasteiger partial charge in [0, 0.05) is 37.8 Å². The van der Waals surface area contributed by atoms with Crippen molar-refractivity contribution >= 4 is 30.5 Å². The summed E-state index contributed by atoms with van der Waals surface area (Å²) in [5.41, 5.74) is -0.132. The molecule has 1 aromatic rings. The fourth-order valence-electron chi connectivity index (χ4n) is 2.58. The van der Waals surface area contributed by atoms with Gasteiger partial charge in [-0.1, -0.05) is 18.2 Å². The Labute approximate surface area is 144 Å². The van der Waals surface area contributed by atoms with E-state index in [1.165, 1.54) is 24.3 Å².